The lowest BCUT2D eigenvalue weighted by Gasteiger charge is -2.18. The fourth-order valence-corrected chi connectivity index (χ4v) is 2.30. The molecule has 1 atom stereocenters. The minimum Gasteiger partial charge on any atom is -0.367 e. The number of hydrogen-bond acceptors (Lipinski definition) is 4. The van der Waals surface area contributed by atoms with Crippen LogP contribution in [0.15, 0.2) is 6.07 Å². The van der Waals surface area contributed by atoms with Gasteiger partial charge in [-0.3, -0.25) is 0 Å². The second-order valence-electron chi connectivity index (χ2n) is 5.43. The van der Waals surface area contributed by atoms with Gasteiger partial charge >= 0.3 is 0 Å². The van der Waals surface area contributed by atoms with Gasteiger partial charge < -0.3 is 10.6 Å². The van der Waals surface area contributed by atoms with Crippen LogP contribution in [0.5, 0.6) is 0 Å². The van der Waals surface area contributed by atoms with Gasteiger partial charge in [-0.1, -0.05) is 13.8 Å². The molecule has 1 aromatic rings. The van der Waals surface area contributed by atoms with Crippen molar-refractivity contribution >= 4 is 5.82 Å². The van der Waals surface area contributed by atoms with E-state index in [-0.39, 0.29) is 0 Å². The van der Waals surface area contributed by atoms with Crippen LogP contribution in [-0.4, -0.2) is 29.1 Å². The van der Waals surface area contributed by atoms with Gasteiger partial charge in [-0.15, -0.1) is 0 Å². The van der Waals surface area contributed by atoms with E-state index in [1.165, 1.54) is 19.3 Å². The number of nitrogens with zero attached hydrogens (tertiary/aromatic N) is 2. The number of nitrogens with one attached hydrogen (secondary N) is 2. The Balaban J connectivity index is 2.07. The van der Waals surface area contributed by atoms with Gasteiger partial charge in [-0.05, 0) is 39.3 Å². The Labute approximate surface area is 110 Å². The third-order valence-corrected chi connectivity index (χ3v) is 3.32. The second-order valence-corrected chi connectivity index (χ2v) is 5.43. The molecule has 0 spiro atoms. The zero-order valence-electron chi connectivity index (χ0n) is 11.7. The summed E-state index contributed by atoms with van der Waals surface area (Å²) in [5.41, 5.74) is 1.04. The largest absolute Gasteiger partial charge is 0.367 e. The molecule has 2 heterocycles. The van der Waals surface area contributed by atoms with E-state index in [9.17, 15) is 0 Å². The topological polar surface area (TPSA) is 49.8 Å². The predicted molar refractivity (Wildman–Crippen MR) is 75.0 cm³/mol. The molecule has 1 saturated heterocycles. The summed E-state index contributed by atoms with van der Waals surface area (Å²) >= 11 is 0. The van der Waals surface area contributed by atoms with Crippen LogP contribution in [0, 0.1) is 6.92 Å². The lowest BCUT2D eigenvalue weighted by Crippen LogP contribution is -2.22. The number of aryl methyl sites for hydroxylation is 1. The Bertz CT molecular complexity index is 381. The molecule has 2 N–H and O–H groups in total. The molecule has 2 rings (SSSR count). The van der Waals surface area contributed by atoms with Gasteiger partial charge in [0.2, 0.25) is 0 Å². The van der Waals surface area contributed by atoms with Crippen molar-refractivity contribution < 1.29 is 0 Å². The first kappa shape index (κ1) is 13.3. The molecule has 1 aliphatic heterocycles. The first-order valence-electron chi connectivity index (χ1n) is 6.98. The number of hydrogen-bond donors (Lipinski definition) is 2. The highest BCUT2D eigenvalue weighted by atomic mass is 15.1. The Morgan fingerprint density at radius 1 is 1.28 bits per heavy atom. The average molecular weight is 248 g/mol. The molecule has 1 fully saturated rings. The highest BCUT2D eigenvalue weighted by Gasteiger charge is 2.13. The van der Waals surface area contributed by atoms with Gasteiger partial charge in [-0.2, -0.15) is 0 Å². The van der Waals surface area contributed by atoms with Crippen molar-refractivity contribution in [2.45, 2.75) is 52.0 Å². The van der Waals surface area contributed by atoms with Gasteiger partial charge in [0.05, 0.1) is 0 Å². The minimum atomic E-state index is 0.376. The summed E-state index contributed by atoms with van der Waals surface area (Å²) in [7, 11) is 0. The van der Waals surface area contributed by atoms with Gasteiger partial charge in [0, 0.05) is 23.7 Å². The molecule has 0 saturated carbocycles. The molecule has 0 aromatic carbocycles. The van der Waals surface area contributed by atoms with E-state index in [2.05, 4.69) is 34.4 Å². The zero-order valence-corrected chi connectivity index (χ0v) is 11.7. The van der Waals surface area contributed by atoms with Crippen LogP contribution in [0.3, 0.4) is 0 Å². The monoisotopic (exact) mass is 248 g/mol. The standard InChI is InChI=1S/C14H24N4/c1-10(2)14-16-11(3)9-13(18-14)17-12-5-4-7-15-8-6-12/h9-10,12,15H,4-8H2,1-3H3,(H,16,17,18). The van der Waals surface area contributed by atoms with Crippen molar-refractivity contribution in [2.24, 2.45) is 0 Å². The van der Waals surface area contributed by atoms with E-state index >= 15 is 0 Å². The van der Waals surface area contributed by atoms with Crippen LogP contribution in [0.2, 0.25) is 0 Å². The van der Waals surface area contributed by atoms with E-state index in [0.717, 1.165) is 30.4 Å². The lowest BCUT2D eigenvalue weighted by atomic mass is 10.1. The number of anilines is 1. The molecule has 0 amide bonds. The Hall–Kier alpha value is -1.16. The third kappa shape index (κ3) is 3.67. The summed E-state index contributed by atoms with van der Waals surface area (Å²) in [6.07, 6.45) is 3.62. The molecular formula is C14H24N4. The Kier molecular flexibility index (Phi) is 4.53. The summed E-state index contributed by atoms with van der Waals surface area (Å²) in [4.78, 5) is 9.10. The van der Waals surface area contributed by atoms with E-state index in [1.807, 2.05) is 13.0 Å². The van der Waals surface area contributed by atoms with E-state index < -0.39 is 0 Å². The molecule has 4 nitrogen and oxygen atoms in total. The molecule has 18 heavy (non-hydrogen) atoms. The number of aromatic nitrogens is 2. The molecular weight excluding hydrogens is 224 g/mol. The van der Waals surface area contributed by atoms with Gasteiger partial charge in [0.1, 0.15) is 11.6 Å². The van der Waals surface area contributed by atoms with Crippen LogP contribution in [-0.2, 0) is 0 Å². The van der Waals surface area contributed by atoms with Gasteiger partial charge in [0.25, 0.3) is 0 Å². The number of rotatable bonds is 3. The highest BCUT2D eigenvalue weighted by Crippen LogP contribution is 2.16. The molecule has 100 valence electrons. The molecule has 0 aliphatic carbocycles. The first-order chi connectivity index (χ1) is 8.65. The van der Waals surface area contributed by atoms with Crippen LogP contribution in [0.4, 0.5) is 5.82 Å². The van der Waals surface area contributed by atoms with Crippen molar-refractivity contribution in [3.05, 3.63) is 17.6 Å². The summed E-state index contributed by atoms with van der Waals surface area (Å²) in [6, 6.07) is 2.58. The van der Waals surface area contributed by atoms with Crippen molar-refractivity contribution in [3.8, 4) is 0 Å². The first-order valence-corrected chi connectivity index (χ1v) is 6.98. The molecule has 1 aliphatic rings. The molecule has 0 bridgehead atoms. The van der Waals surface area contributed by atoms with Gasteiger partial charge in [0.15, 0.2) is 0 Å². The summed E-state index contributed by atoms with van der Waals surface area (Å²) in [6.45, 7) is 8.53. The normalized spacial score (nSPS) is 20.8. The van der Waals surface area contributed by atoms with Crippen molar-refractivity contribution in [2.75, 3.05) is 18.4 Å². The quantitative estimate of drug-likeness (QED) is 0.862. The maximum Gasteiger partial charge on any atom is 0.133 e. The Morgan fingerprint density at radius 3 is 2.89 bits per heavy atom. The third-order valence-electron chi connectivity index (χ3n) is 3.32. The van der Waals surface area contributed by atoms with Crippen LogP contribution in [0.1, 0.15) is 50.5 Å². The van der Waals surface area contributed by atoms with Crippen LogP contribution in [0.25, 0.3) is 0 Å². The highest BCUT2D eigenvalue weighted by molar-refractivity contribution is 5.37. The summed E-state index contributed by atoms with van der Waals surface area (Å²) in [5.74, 6) is 2.29. The van der Waals surface area contributed by atoms with E-state index in [4.69, 9.17) is 0 Å². The SMILES string of the molecule is Cc1cc(NC2CCCNCC2)nc(C(C)C)n1. The predicted octanol–water partition coefficient (Wildman–Crippen LogP) is 2.46. The molecule has 0 radical (unpaired) electrons. The zero-order chi connectivity index (χ0) is 13.0. The molecule has 1 aromatic heterocycles. The van der Waals surface area contributed by atoms with Crippen molar-refractivity contribution in [1.29, 1.82) is 0 Å². The second kappa shape index (κ2) is 6.14. The lowest BCUT2D eigenvalue weighted by molar-refractivity contribution is 0.632. The van der Waals surface area contributed by atoms with E-state index in [1.54, 1.807) is 0 Å². The minimum absolute atomic E-state index is 0.376. The smallest absolute Gasteiger partial charge is 0.133 e. The van der Waals surface area contributed by atoms with Crippen LogP contribution >= 0.6 is 0 Å². The maximum absolute atomic E-state index is 4.62. The van der Waals surface area contributed by atoms with Crippen molar-refractivity contribution in [1.82, 2.24) is 15.3 Å². The fourth-order valence-electron chi connectivity index (χ4n) is 2.30. The van der Waals surface area contributed by atoms with Crippen LogP contribution < -0.4 is 10.6 Å². The fraction of sp³-hybridized carbons (Fsp3) is 0.714. The molecule has 1 unspecified atom stereocenters. The molecule has 4 heteroatoms. The summed E-state index contributed by atoms with van der Waals surface area (Å²) < 4.78 is 0. The summed E-state index contributed by atoms with van der Waals surface area (Å²) in [5, 5.41) is 7.00. The Morgan fingerprint density at radius 2 is 2.11 bits per heavy atom. The average Bonchev–Trinajstić information content (AvgIpc) is 2.57. The van der Waals surface area contributed by atoms with Gasteiger partial charge in [-0.25, -0.2) is 9.97 Å². The maximum atomic E-state index is 4.62. The van der Waals surface area contributed by atoms with Crippen molar-refractivity contribution in [3.63, 3.8) is 0 Å². The van der Waals surface area contributed by atoms with E-state index in [0.29, 0.717) is 12.0 Å².